The van der Waals surface area contributed by atoms with Gasteiger partial charge in [0.05, 0.1) is 24.4 Å². The average Bonchev–Trinajstić information content (AvgIpc) is 3.66. The number of nitrogens with zero attached hydrogens (tertiary/aromatic N) is 1. The van der Waals surface area contributed by atoms with Crippen LogP contribution in [0.25, 0.3) is 11.1 Å². The molecule has 4 aromatic rings. The molecule has 0 unspecified atom stereocenters. The van der Waals surface area contributed by atoms with E-state index in [-0.39, 0.29) is 43.9 Å². The summed E-state index contributed by atoms with van der Waals surface area (Å²) in [6, 6.07) is 28.3. The van der Waals surface area contributed by atoms with E-state index in [1.165, 1.54) is 11.8 Å². The molecule has 2 saturated heterocycles. The van der Waals surface area contributed by atoms with E-state index in [1.807, 2.05) is 66.7 Å². The third kappa shape index (κ3) is 8.84. The SMILES string of the molecule is O=C(O)c1ccccc1SC[C@@H]1C[C@H](c2ccc(CO)cc2)O[C@H](c2ccc(-c3cccc(CNC(=O)[C@@H]4CCCN4C(=O)C(F)(F)F)c3)cc2)O1. The second-order valence-corrected chi connectivity index (χ2v) is 13.7. The summed E-state index contributed by atoms with van der Waals surface area (Å²) < 4.78 is 51.9. The minimum absolute atomic E-state index is 0.0730. The van der Waals surface area contributed by atoms with Crippen LogP contribution in [0.3, 0.4) is 0 Å². The van der Waals surface area contributed by atoms with Crippen LogP contribution in [0.15, 0.2) is 102 Å². The van der Waals surface area contributed by atoms with Crippen molar-refractivity contribution in [2.75, 3.05) is 12.3 Å². The van der Waals surface area contributed by atoms with E-state index in [4.69, 9.17) is 9.47 Å². The maximum absolute atomic E-state index is 13.0. The minimum Gasteiger partial charge on any atom is -0.478 e. The van der Waals surface area contributed by atoms with Crippen LogP contribution in [0, 0.1) is 0 Å². The highest BCUT2D eigenvalue weighted by atomic mass is 32.2. The van der Waals surface area contributed by atoms with Crippen molar-refractivity contribution in [3.63, 3.8) is 0 Å². The molecule has 0 aromatic heterocycles. The summed E-state index contributed by atoms with van der Waals surface area (Å²) in [5.74, 6) is -3.12. The lowest BCUT2D eigenvalue weighted by molar-refractivity contribution is -0.245. The van der Waals surface area contributed by atoms with Crippen molar-refractivity contribution in [1.29, 1.82) is 0 Å². The Balaban J connectivity index is 1.14. The first-order valence-electron chi connectivity index (χ1n) is 16.8. The van der Waals surface area contributed by atoms with Crippen LogP contribution >= 0.6 is 11.8 Å². The van der Waals surface area contributed by atoms with Crippen molar-refractivity contribution in [1.82, 2.24) is 10.2 Å². The maximum Gasteiger partial charge on any atom is 0.471 e. The average molecular weight is 735 g/mol. The normalized spacial score (nSPS) is 20.4. The highest BCUT2D eigenvalue weighted by molar-refractivity contribution is 7.99. The lowest BCUT2D eigenvalue weighted by Gasteiger charge is -2.36. The van der Waals surface area contributed by atoms with E-state index in [0.29, 0.717) is 28.4 Å². The van der Waals surface area contributed by atoms with Gasteiger partial charge in [-0.15, -0.1) is 11.8 Å². The van der Waals surface area contributed by atoms with Crippen LogP contribution in [-0.4, -0.2) is 63.5 Å². The molecule has 2 heterocycles. The molecule has 3 N–H and O–H groups in total. The van der Waals surface area contributed by atoms with Crippen LogP contribution in [0.4, 0.5) is 13.2 Å². The number of aliphatic hydroxyl groups is 1. The summed E-state index contributed by atoms with van der Waals surface area (Å²) in [4.78, 5) is 37.6. The number of amides is 2. The monoisotopic (exact) mass is 734 g/mol. The molecule has 2 amide bonds. The molecule has 272 valence electrons. The number of carbonyl (C=O) groups excluding carboxylic acids is 2. The lowest BCUT2D eigenvalue weighted by atomic mass is 9.99. The largest absolute Gasteiger partial charge is 0.478 e. The van der Waals surface area contributed by atoms with E-state index < -0.39 is 36.3 Å². The maximum atomic E-state index is 13.0. The number of carboxylic acid groups (broad SMARTS) is 1. The van der Waals surface area contributed by atoms with Crippen molar-refractivity contribution in [3.8, 4) is 11.1 Å². The Morgan fingerprint density at radius 1 is 0.865 bits per heavy atom. The fourth-order valence-electron chi connectivity index (χ4n) is 6.42. The molecule has 9 nitrogen and oxygen atoms in total. The van der Waals surface area contributed by atoms with Gasteiger partial charge in [-0.25, -0.2) is 4.79 Å². The highest BCUT2D eigenvalue weighted by Crippen LogP contribution is 2.40. The quantitative estimate of drug-likeness (QED) is 0.140. The van der Waals surface area contributed by atoms with Gasteiger partial charge in [-0.1, -0.05) is 78.9 Å². The van der Waals surface area contributed by atoms with Crippen molar-refractivity contribution in [2.45, 2.75) is 68.0 Å². The zero-order valence-corrected chi connectivity index (χ0v) is 28.7. The number of carbonyl (C=O) groups is 3. The number of rotatable bonds is 11. The Morgan fingerprint density at radius 3 is 2.31 bits per heavy atom. The van der Waals surface area contributed by atoms with Gasteiger partial charge < -0.3 is 29.9 Å². The van der Waals surface area contributed by atoms with Gasteiger partial charge in [0.15, 0.2) is 6.29 Å². The Bertz CT molecular complexity index is 1890. The van der Waals surface area contributed by atoms with Gasteiger partial charge in [0, 0.05) is 35.7 Å². The van der Waals surface area contributed by atoms with Crippen LogP contribution in [-0.2, 0) is 32.2 Å². The summed E-state index contributed by atoms with van der Waals surface area (Å²) in [6.45, 7) is -0.106. The van der Waals surface area contributed by atoms with Crippen molar-refractivity contribution < 1.29 is 47.2 Å². The summed E-state index contributed by atoms with van der Waals surface area (Å²) in [5.41, 5.74) is 5.18. The molecule has 2 aliphatic heterocycles. The fraction of sp³-hybridized carbons (Fsp3) is 0.308. The number of aromatic carboxylic acids is 1. The number of halogens is 3. The zero-order chi connectivity index (χ0) is 36.8. The first kappa shape index (κ1) is 37.1. The predicted octanol–water partition coefficient (Wildman–Crippen LogP) is 7.05. The first-order valence-corrected chi connectivity index (χ1v) is 17.8. The Morgan fingerprint density at radius 2 is 1.60 bits per heavy atom. The number of hydrogen-bond acceptors (Lipinski definition) is 7. The number of likely N-dealkylation sites (tertiary alicyclic amines) is 1. The zero-order valence-electron chi connectivity index (χ0n) is 27.9. The molecule has 6 rings (SSSR count). The molecule has 0 saturated carbocycles. The van der Waals surface area contributed by atoms with E-state index in [1.54, 1.807) is 30.3 Å². The second kappa shape index (κ2) is 16.3. The third-order valence-corrected chi connectivity index (χ3v) is 10.3. The molecule has 0 spiro atoms. The molecule has 2 aliphatic rings. The molecule has 0 bridgehead atoms. The van der Waals surface area contributed by atoms with E-state index >= 15 is 0 Å². The minimum atomic E-state index is -5.03. The number of nitrogens with one attached hydrogen (secondary N) is 1. The summed E-state index contributed by atoms with van der Waals surface area (Å²) in [7, 11) is 0. The standard InChI is InChI=1S/C39H37F3N2O7S/c40-39(41,42)38(49)44-18-4-8-32(44)35(46)43-21-25-5-3-6-29(19-25)26-14-16-28(17-15-26)37-50-30(23-52-34-9-2-1-7-31(34)36(47)48)20-33(51-37)27-12-10-24(22-45)11-13-27/h1-3,5-7,9-17,19,30,32-33,37,45H,4,8,18,20-23H2,(H,43,46)(H,47,48)/t30-,32-,33+,37+/m0/s1. The predicted molar refractivity (Wildman–Crippen MR) is 187 cm³/mol. The summed E-state index contributed by atoms with van der Waals surface area (Å²) in [6.07, 6.45) is -5.31. The van der Waals surface area contributed by atoms with Crippen LogP contribution < -0.4 is 5.32 Å². The van der Waals surface area contributed by atoms with Crippen LogP contribution in [0.1, 0.15) is 64.3 Å². The van der Waals surface area contributed by atoms with E-state index in [0.717, 1.165) is 33.4 Å². The smallest absolute Gasteiger partial charge is 0.471 e. The number of ether oxygens (including phenoxy) is 2. The molecule has 4 atom stereocenters. The van der Waals surface area contributed by atoms with E-state index in [2.05, 4.69) is 5.32 Å². The van der Waals surface area contributed by atoms with Gasteiger partial charge in [-0.3, -0.25) is 9.59 Å². The first-order chi connectivity index (χ1) is 25.0. The van der Waals surface area contributed by atoms with Gasteiger partial charge in [0.25, 0.3) is 0 Å². The number of aliphatic hydroxyl groups excluding tert-OH is 1. The highest BCUT2D eigenvalue weighted by Gasteiger charge is 2.47. The summed E-state index contributed by atoms with van der Waals surface area (Å²) >= 11 is 1.42. The number of carboxylic acids is 1. The van der Waals surface area contributed by atoms with Gasteiger partial charge in [0.1, 0.15) is 6.04 Å². The Kier molecular flexibility index (Phi) is 11.6. The van der Waals surface area contributed by atoms with Crippen LogP contribution in [0.5, 0.6) is 0 Å². The Labute approximate surface area is 302 Å². The molecule has 2 fully saturated rings. The van der Waals surface area contributed by atoms with E-state index in [9.17, 15) is 37.8 Å². The van der Waals surface area contributed by atoms with Crippen molar-refractivity contribution in [3.05, 3.63) is 125 Å². The van der Waals surface area contributed by atoms with Crippen molar-refractivity contribution >= 4 is 29.5 Å². The molecule has 0 aliphatic carbocycles. The number of thioether (sulfide) groups is 1. The number of alkyl halides is 3. The number of benzene rings is 4. The molecule has 0 radical (unpaired) electrons. The molecule has 13 heteroatoms. The van der Waals surface area contributed by atoms with Crippen molar-refractivity contribution in [2.24, 2.45) is 0 Å². The van der Waals surface area contributed by atoms with Gasteiger partial charge in [0.2, 0.25) is 5.91 Å². The molecule has 52 heavy (non-hydrogen) atoms. The number of hydrogen-bond donors (Lipinski definition) is 3. The lowest BCUT2D eigenvalue weighted by Crippen LogP contribution is -2.50. The van der Waals surface area contributed by atoms with Gasteiger partial charge >= 0.3 is 18.1 Å². The Hall–Kier alpha value is -4.69. The van der Waals surface area contributed by atoms with Gasteiger partial charge in [-0.05, 0) is 58.9 Å². The molecule has 4 aromatic carbocycles. The van der Waals surface area contributed by atoms with Gasteiger partial charge in [-0.2, -0.15) is 13.2 Å². The topological polar surface area (TPSA) is 125 Å². The molecular formula is C39H37F3N2O7S. The summed E-state index contributed by atoms with van der Waals surface area (Å²) in [5, 5.41) is 21.8. The second-order valence-electron chi connectivity index (χ2n) is 12.7. The fourth-order valence-corrected chi connectivity index (χ4v) is 7.49. The molecular weight excluding hydrogens is 697 g/mol. The van der Waals surface area contributed by atoms with Crippen LogP contribution in [0.2, 0.25) is 0 Å². The third-order valence-electron chi connectivity index (χ3n) is 9.13.